The number of fused-ring (bicyclic) bond motifs is 2. The largest absolute Gasteiger partial charge is 0.363 e. The van der Waals surface area contributed by atoms with E-state index >= 15 is 0 Å². The number of carbonyl (C=O) groups excluding carboxylic acids is 2. The molecule has 63 heavy (non-hydrogen) atoms. The number of benzene rings is 6. The Balaban J connectivity index is 1.03. The van der Waals surface area contributed by atoms with Gasteiger partial charge in [-0.1, -0.05) is 109 Å². The molecule has 0 radical (unpaired) electrons. The Morgan fingerprint density at radius 1 is 0.667 bits per heavy atom. The number of nitrogens with zero attached hydrogens (tertiary/aromatic N) is 2. The lowest BCUT2D eigenvalue weighted by Crippen LogP contribution is -2.42. The van der Waals surface area contributed by atoms with Gasteiger partial charge in [0.1, 0.15) is 0 Å². The molecule has 312 valence electrons. The third-order valence-corrected chi connectivity index (χ3v) is 12.5. The van der Waals surface area contributed by atoms with E-state index in [1.807, 2.05) is 88.4 Å². The molecule has 6 aromatic carbocycles. The minimum atomic E-state index is -0.302. The number of pyridine rings is 1. The zero-order valence-corrected chi connectivity index (χ0v) is 36.2. The van der Waals surface area contributed by atoms with Crippen LogP contribution in [0, 0.1) is 13.8 Å². The molecule has 2 aliphatic rings. The fourth-order valence-corrected chi connectivity index (χ4v) is 9.06. The molecular formula is C56H51N5O2. The van der Waals surface area contributed by atoms with Crippen LogP contribution in [0.4, 0.5) is 0 Å². The highest BCUT2D eigenvalue weighted by Gasteiger charge is 2.22. The lowest BCUT2D eigenvalue weighted by atomic mass is 9.87. The molecule has 7 heteroatoms. The van der Waals surface area contributed by atoms with E-state index in [1.165, 1.54) is 0 Å². The van der Waals surface area contributed by atoms with Crippen LogP contribution in [0.1, 0.15) is 74.5 Å². The van der Waals surface area contributed by atoms with E-state index in [0.717, 1.165) is 109 Å². The van der Waals surface area contributed by atoms with Crippen molar-refractivity contribution >= 4 is 38.9 Å². The Morgan fingerprint density at radius 3 is 2.11 bits per heavy atom. The summed E-state index contributed by atoms with van der Waals surface area (Å²) in [6, 6.07) is 40.8. The average Bonchev–Trinajstić information content (AvgIpc) is 3.58. The molecule has 2 heterocycles. The summed E-state index contributed by atoms with van der Waals surface area (Å²) in [6.45, 7) is 11.8. The second kappa shape index (κ2) is 18.0. The van der Waals surface area contributed by atoms with E-state index in [-0.39, 0.29) is 23.9 Å². The zero-order chi connectivity index (χ0) is 43.5. The minimum Gasteiger partial charge on any atom is -0.363 e. The fourth-order valence-electron chi connectivity index (χ4n) is 9.06. The molecule has 0 spiro atoms. The van der Waals surface area contributed by atoms with Gasteiger partial charge in [-0.3, -0.25) is 14.6 Å². The van der Waals surface area contributed by atoms with Gasteiger partial charge in [0, 0.05) is 49.7 Å². The van der Waals surface area contributed by atoms with Crippen LogP contribution in [-0.2, 0) is 0 Å². The number of rotatable bonds is 10. The number of nitrogens with one attached hydrogen (secondary N) is 3. The first kappa shape index (κ1) is 41.1. The van der Waals surface area contributed by atoms with Gasteiger partial charge < -0.3 is 20.9 Å². The number of piperazine rings is 1. The lowest BCUT2D eigenvalue weighted by molar-refractivity contribution is 0.0931. The standard InChI is InChI=1S/C56H51N5O2/c1-36-22-23-43(42-13-5-7-15-45(32-42)61-30-28-58-29-31-61)33-52(36)55(62)59-39(4)47-18-10-20-50-49(47)19-11-21-51(50)53-34-44(40-24-26-57-27-25-40)35-54(37(53)2)56(63)60-38(3)46-17-9-14-41-12-6-8-16-48(41)46/h5-14,16-27,32-35,38-39,58H,28-31H2,1-4H3,(H,59,62)(H,60,63)/t38-,39-/m1/s1. The van der Waals surface area contributed by atoms with Crippen molar-refractivity contribution in [1.82, 2.24) is 25.8 Å². The number of allylic oxidation sites excluding steroid dienone is 4. The van der Waals surface area contributed by atoms with E-state index in [2.05, 4.69) is 117 Å². The molecule has 7 aromatic rings. The molecule has 1 aliphatic heterocycles. The van der Waals surface area contributed by atoms with Crippen molar-refractivity contribution in [3.05, 3.63) is 208 Å². The molecule has 0 unspecified atom stereocenters. The van der Waals surface area contributed by atoms with Crippen molar-refractivity contribution in [2.75, 3.05) is 26.2 Å². The molecule has 0 bridgehead atoms. The molecule has 2 atom stereocenters. The highest BCUT2D eigenvalue weighted by molar-refractivity contribution is 6.05. The Bertz CT molecular complexity index is 3020. The van der Waals surface area contributed by atoms with Crippen molar-refractivity contribution in [3.63, 3.8) is 0 Å². The second-order valence-electron chi connectivity index (χ2n) is 16.6. The monoisotopic (exact) mass is 825 g/mol. The van der Waals surface area contributed by atoms with Crippen molar-refractivity contribution < 1.29 is 9.59 Å². The van der Waals surface area contributed by atoms with Crippen molar-refractivity contribution in [3.8, 4) is 22.3 Å². The van der Waals surface area contributed by atoms with Crippen molar-refractivity contribution in [1.29, 1.82) is 0 Å². The maximum atomic E-state index is 14.4. The summed E-state index contributed by atoms with van der Waals surface area (Å²) >= 11 is 0. The van der Waals surface area contributed by atoms with E-state index in [1.54, 1.807) is 12.4 Å². The number of hydrogen-bond acceptors (Lipinski definition) is 5. The van der Waals surface area contributed by atoms with Gasteiger partial charge in [-0.05, 0) is 147 Å². The molecule has 1 aromatic heterocycles. The van der Waals surface area contributed by atoms with E-state index < -0.39 is 0 Å². The van der Waals surface area contributed by atoms with Gasteiger partial charge in [0.15, 0.2) is 0 Å². The Kier molecular flexibility index (Phi) is 11.7. The van der Waals surface area contributed by atoms with Crippen LogP contribution in [0.15, 0.2) is 169 Å². The molecular weight excluding hydrogens is 775 g/mol. The van der Waals surface area contributed by atoms with Gasteiger partial charge in [0.25, 0.3) is 11.8 Å². The molecule has 0 saturated carbocycles. The van der Waals surface area contributed by atoms with Gasteiger partial charge in [0.2, 0.25) is 0 Å². The molecule has 3 N–H and O–H groups in total. The summed E-state index contributed by atoms with van der Waals surface area (Å²) < 4.78 is 0. The zero-order valence-electron chi connectivity index (χ0n) is 36.2. The third-order valence-electron chi connectivity index (χ3n) is 12.5. The number of amides is 2. The maximum absolute atomic E-state index is 14.4. The SMILES string of the molecule is Cc1ccc(C2=CC(N3CCNCC3)=C=CC=C2)cc1C(=O)N[C@H](C)c1cccc2c(-c3cc(-c4ccncc4)cc(C(=O)N[C@H](C)c4cccc5ccccc45)c3C)cccc12. The highest BCUT2D eigenvalue weighted by atomic mass is 16.2. The maximum Gasteiger partial charge on any atom is 0.252 e. The minimum absolute atomic E-state index is 0.126. The van der Waals surface area contributed by atoms with E-state index in [0.29, 0.717) is 11.1 Å². The van der Waals surface area contributed by atoms with Crippen LogP contribution >= 0.6 is 0 Å². The summed E-state index contributed by atoms with van der Waals surface area (Å²) in [5.74, 6) is -0.264. The van der Waals surface area contributed by atoms with Crippen LogP contribution < -0.4 is 16.0 Å². The first-order chi connectivity index (χ1) is 30.7. The highest BCUT2D eigenvalue weighted by Crippen LogP contribution is 2.38. The average molecular weight is 826 g/mol. The third kappa shape index (κ3) is 8.50. The summed E-state index contributed by atoms with van der Waals surface area (Å²) in [5, 5.41) is 14.4. The smallest absolute Gasteiger partial charge is 0.252 e. The van der Waals surface area contributed by atoms with Crippen LogP contribution in [0.25, 0.3) is 49.4 Å². The number of hydrogen-bond donors (Lipinski definition) is 3. The number of aryl methyl sites for hydroxylation is 1. The second-order valence-corrected chi connectivity index (χ2v) is 16.6. The summed E-state index contributed by atoms with van der Waals surface area (Å²) in [5.41, 5.74) is 15.5. The molecule has 1 saturated heterocycles. The predicted octanol–water partition coefficient (Wildman–Crippen LogP) is 11.2. The molecule has 9 rings (SSSR count). The van der Waals surface area contributed by atoms with Crippen molar-refractivity contribution in [2.45, 2.75) is 39.8 Å². The van der Waals surface area contributed by atoms with E-state index in [4.69, 9.17) is 0 Å². The predicted molar refractivity (Wildman–Crippen MR) is 257 cm³/mol. The number of carbonyl (C=O) groups is 2. The summed E-state index contributed by atoms with van der Waals surface area (Å²) in [4.78, 5) is 35.2. The fraction of sp³-hybridized carbons (Fsp3) is 0.179. The van der Waals surface area contributed by atoms with E-state index in [9.17, 15) is 9.59 Å². The molecule has 1 aliphatic carbocycles. The van der Waals surface area contributed by atoms with Crippen LogP contribution in [0.2, 0.25) is 0 Å². The van der Waals surface area contributed by atoms with Gasteiger partial charge >= 0.3 is 0 Å². The first-order valence-corrected chi connectivity index (χ1v) is 21.8. The molecule has 1 fully saturated rings. The topological polar surface area (TPSA) is 86.4 Å². The van der Waals surface area contributed by atoms with Gasteiger partial charge in [-0.2, -0.15) is 0 Å². The normalized spacial score (nSPS) is 14.8. The molecule has 7 nitrogen and oxygen atoms in total. The van der Waals surface area contributed by atoms with Gasteiger partial charge in [-0.15, -0.1) is 0 Å². The van der Waals surface area contributed by atoms with Crippen molar-refractivity contribution in [2.24, 2.45) is 0 Å². The van der Waals surface area contributed by atoms with Gasteiger partial charge in [0.05, 0.1) is 17.8 Å². The first-order valence-electron chi connectivity index (χ1n) is 21.8. The van der Waals surface area contributed by atoms with Crippen LogP contribution in [0.3, 0.4) is 0 Å². The van der Waals surface area contributed by atoms with Crippen LogP contribution in [0.5, 0.6) is 0 Å². The lowest BCUT2D eigenvalue weighted by Gasteiger charge is -2.29. The molecule has 2 amide bonds. The Morgan fingerprint density at radius 2 is 1.32 bits per heavy atom. The van der Waals surface area contributed by atoms with Gasteiger partial charge in [-0.25, -0.2) is 0 Å². The summed E-state index contributed by atoms with van der Waals surface area (Å²) in [7, 11) is 0. The Labute approximate surface area is 369 Å². The Hall–Kier alpha value is -7.31. The van der Waals surface area contributed by atoms with Crippen LogP contribution in [-0.4, -0.2) is 47.9 Å². The number of aromatic nitrogens is 1. The quantitative estimate of drug-likeness (QED) is 0.120. The summed E-state index contributed by atoms with van der Waals surface area (Å²) in [6.07, 6.45) is 11.8.